The number of ether oxygens (including phenoxy) is 1. The minimum Gasteiger partial charge on any atom is -0.388 e. The highest BCUT2D eigenvalue weighted by Crippen LogP contribution is 2.14. The van der Waals surface area contributed by atoms with Crippen molar-refractivity contribution in [3.8, 4) is 0 Å². The van der Waals surface area contributed by atoms with Gasteiger partial charge >= 0.3 is 6.18 Å². The summed E-state index contributed by atoms with van der Waals surface area (Å²) < 4.78 is 39.5. The van der Waals surface area contributed by atoms with Gasteiger partial charge in [0, 0.05) is 18.9 Å². The maximum absolute atomic E-state index is 11.7. The topological polar surface area (TPSA) is 41.5 Å². The Kier molecular flexibility index (Phi) is 8.19. The van der Waals surface area contributed by atoms with Gasteiger partial charge in [0.15, 0.2) is 0 Å². The second kappa shape index (κ2) is 8.18. The molecule has 0 aliphatic heterocycles. The first-order valence-electron chi connectivity index (χ1n) is 5.33. The number of halogens is 3. The first kappa shape index (κ1) is 17.0. The lowest BCUT2D eigenvalue weighted by atomic mass is 10.1. The van der Waals surface area contributed by atoms with E-state index in [1.54, 1.807) is 18.7 Å². The fourth-order valence-corrected chi connectivity index (χ4v) is 1.93. The highest BCUT2D eigenvalue weighted by atomic mass is 32.2. The van der Waals surface area contributed by atoms with Crippen molar-refractivity contribution in [3.63, 3.8) is 0 Å². The van der Waals surface area contributed by atoms with Gasteiger partial charge in [-0.1, -0.05) is 0 Å². The smallest absolute Gasteiger partial charge is 0.388 e. The normalized spacial score (nSPS) is 15.9. The number of aliphatic hydroxyl groups is 1. The molecule has 0 bridgehead atoms. The van der Waals surface area contributed by atoms with E-state index >= 15 is 0 Å². The summed E-state index contributed by atoms with van der Waals surface area (Å²) in [6.07, 6.45) is -1.86. The van der Waals surface area contributed by atoms with Crippen LogP contribution < -0.4 is 5.32 Å². The van der Waals surface area contributed by atoms with Crippen molar-refractivity contribution < 1.29 is 23.0 Å². The van der Waals surface area contributed by atoms with Gasteiger partial charge in [-0.2, -0.15) is 24.9 Å². The monoisotopic (exact) mass is 275 g/mol. The van der Waals surface area contributed by atoms with E-state index in [9.17, 15) is 18.3 Å². The third-order valence-corrected chi connectivity index (χ3v) is 2.78. The summed E-state index contributed by atoms with van der Waals surface area (Å²) in [7, 11) is 0. The molecule has 0 amide bonds. The van der Waals surface area contributed by atoms with E-state index in [0.717, 1.165) is 0 Å². The van der Waals surface area contributed by atoms with Crippen molar-refractivity contribution in [1.82, 2.24) is 5.32 Å². The van der Waals surface area contributed by atoms with E-state index in [0.29, 0.717) is 25.3 Å². The molecular weight excluding hydrogens is 255 g/mol. The van der Waals surface area contributed by atoms with E-state index in [-0.39, 0.29) is 6.61 Å². The van der Waals surface area contributed by atoms with Crippen LogP contribution in [0.25, 0.3) is 0 Å². The van der Waals surface area contributed by atoms with Crippen LogP contribution in [0.15, 0.2) is 0 Å². The van der Waals surface area contributed by atoms with Gasteiger partial charge < -0.3 is 15.2 Å². The van der Waals surface area contributed by atoms with Crippen molar-refractivity contribution in [1.29, 1.82) is 0 Å². The average Bonchev–Trinajstić information content (AvgIpc) is 2.14. The van der Waals surface area contributed by atoms with Crippen LogP contribution in [0.1, 0.15) is 13.3 Å². The summed E-state index contributed by atoms with van der Waals surface area (Å²) in [5.41, 5.74) is -0.785. The Hall–Kier alpha value is 0.0200. The van der Waals surface area contributed by atoms with E-state index in [4.69, 9.17) is 0 Å². The van der Waals surface area contributed by atoms with Crippen molar-refractivity contribution in [3.05, 3.63) is 0 Å². The molecule has 0 aromatic rings. The van der Waals surface area contributed by atoms with Crippen LogP contribution in [-0.2, 0) is 4.74 Å². The average molecular weight is 275 g/mol. The quantitative estimate of drug-likeness (QED) is 0.628. The molecule has 7 heteroatoms. The molecule has 0 rings (SSSR count). The van der Waals surface area contributed by atoms with Crippen LogP contribution in [-0.4, -0.2) is 55.2 Å². The second-order valence-corrected chi connectivity index (χ2v) is 4.99. The molecule has 2 N–H and O–H groups in total. The summed E-state index contributed by atoms with van der Waals surface area (Å²) in [5, 5.41) is 12.7. The highest BCUT2D eigenvalue weighted by Gasteiger charge is 2.27. The number of alkyl halides is 3. The van der Waals surface area contributed by atoms with E-state index in [1.165, 1.54) is 0 Å². The summed E-state index contributed by atoms with van der Waals surface area (Å²) in [5.74, 6) is 0.616. The van der Waals surface area contributed by atoms with Gasteiger partial charge in [0.2, 0.25) is 0 Å². The molecule has 0 heterocycles. The van der Waals surface area contributed by atoms with Crippen molar-refractivity contribution in [2.45, 2.75) is 25.1 Å². The van der Waals surface area contributed by atoms with Crippen molar-refractivity contribution in [2.24, 2.45) is 0 Å². The maximum Gasteiger partial charge on any atom is 0.411 e. The van der Waals surface area contributed by atoms with E-state index in [1.807, 2.05) is 6.26 Å². The molecule has 104 valence electrons. The predicted octanol–water partition coefficient (Wildman–Crippen LogP) is 1.66. The van der Waals surface area contributed by atoms with Crippen LogP contribution in [0, 0.1) is 0 Å². The summed E-state index contributed by atoms with van der Waals surface area (Å²) in [6.45, 7) is 1.54. The Morgan fingerprint density at radius 2 is 2.00 bits per heavy atom. The lowest BCUT2D eigenvalue weighted by molar-refractivity contribution is -0.173. The molecule has 0 saturated carbocycles. The minimum absolute atomic E-state index is 0.0666. The Balaban J connectivity index is 3.35. The first-order valence-corrected chi connectivity index (χ1v) is 6.73. The number of rotatable bonds is 9. The molecule has 0 spiro atoms. The molecule has 0 aliphatic rings. The van der Waals surface area contributed by atoms with E-state index in [2.05, 4.69) is 10.1 Å². The van der Waals surface area contributed by atoms with Gasteiger partial charge in [0.25, 0.3) is 0 Å². The number of nitrogens with one attached hydrogen (secondary N) is 1. The molecule has 0 fully saturated rings. The fraction of sp³-hybridized carbons (Fsp3) is 1.00. The third-order valence-electron chi connectivity index (χ3n) is 1.87. The molecule has 0 saturated heterocycles. The highest BCUT2D eigenvalue weighted by molar-refractivity contribution is 7.98. The zero-order chi connectivity index (χ0) is 13.4. The molecule has 0 aromatic heterocycles. The largest absolute Gasteiger partial charge is 0.411 e. The summed E-state index contributed by atoms with van der Waals surface area (Å²) in [6, 6.07) is 0. The van der Waals surface area contributed by atoms with Crippen LogP contribution >= 0.6 is 11.8 Å². The van der Waals surface area contributed by atoms with Gasteiger partial charge in [-0.3, -0.25) is 0 Å². The van der Waals surface area contributed by atoms with Crippen LogP contribution in [0.4, 0.5) is 13.2 Å². The van der Waals surface area contributed by atoms with E-state index < -0.39 is 18.4 Å². The molecule has 1 atom stereocenters. The Morgan fingerprint density at radius 3 is 2.53 bits per heavy atom. The van der Waals surface area contributed by atoms with Gasteiger partial charge in [-0.05, 0) is 26.1 Å². The molecule has 0 radical (unpaired) electrons. The molecule has 0 aromatic carbocycles. The van der Waals surface area contributed by atoms with Gasteiger partial charge in [0.05, 0.1) is 5.60 Å². The number of hydrogen-bond acceptors (Lipinski definition) is 4. The first-order chi connectivity index (χ1) is 7.77. The second-order valence-electron chi connectivity index (χ2n) is 4.13. The Labute approximate surface area is 104 Å². The maximum atomic E-state index is 11.7. The number of hydrogen-bond donors (Lipinski definition) is 2. The SMILES string of the molecule is CSCC(C)(O)CNCCCOCC(F)(F)F. The van der Waals surface area contributed by atoms with Crippen LogP contribution in [0.5, 0.6) is 0 Å². The standard InChI is InChI=1S/C10H20F3NO2S/c1-9(15,8-17-2)6-14-4-3-5-16-7-10(11,12)13/h14-15H,3-8H2,1-2H3. The van der Waals surface area contributed by atoms with Crippen molar-refractivity contribution in [2.75, 3.05) is 38.3 Å². The Morgan fingerprint density at radius 1 is 1.35 bits per heavy atom. The zero-order valence-corrected chi connectivity index (χ0v) is 11.0. The molecule has 1 unspecified atom stereocenters. The van der Waals surface area contributed by atoms with Gasteiger partial charge in [-0.25, -0.2) is 0 Å². The zero-order valence-electron chi connectivity index (χ0n) is 10.1. The van der Waals surface area contributed by atoms with Crippen molar-refractivity contribution >= 4 is 11.8 Å². The molecule has 17 heavy (non-hydrogen) atoms. The van der Waals surface area contributed by atoms with Gasteiger partial charge in [0.1, 0.15) is 6.61 Å². The third kappa shape index (κ3) is 12.3. The molecular formula is C10H20F3NO2S. The van der Waals surface area contributed by atoms with Crippen LogP contribution in [0.2, 0.25) is 0 Å². The lowest BCUT2D eigenvalue weighted by Gasteiger charge is -2.22. The molecule has 3 nitrogen and oxygen atoms in total. The molecule has 0 aliphatic carbocycles. The van der Waals surface area contributed by atoms with Crippen LogP contribution in [0.3, 0.4) is 0 Å². The summed E-state index contributed by atoms with van der Waals surface area (Å²) in [4.78, 5) is 0. The Bertz CT molecular complexity index is 200. The minimum atomic E-state index is -4.25. The van der Waals surface area contributed by atoms with Gasteiger partial charge in [-0.15, -0.1) is 0 Å². The fourth-order valence-electron chi connectivity index (χ4n) is 1.21. The lowest BCUT2D eigenvalue weighted by Crippen LogP contribution is -2.40. The number of thioether (sulfide) groups is 1. The summed E-state index contributed by atoms with van der Waals surface area (Å²) >= 11 is 1.54. The predicted molar refractivity (Wildman–Crippen MR) is 63.4 cm³/mol.